The second-order valence-electron chi connectivity index (χ2n) is 8.04. The molecule has 1 amide bonds. The Balaban J connectivity index is 1.70. The number of hydrogen-bond acceptors (Lipinski definition) is 5. The number of halogens is 2. The summed E-state index contributed by atoms with van der Waals surface area (Å²) in [6.07, 6.45) is 1.49. The highest BCUT2D eigenvalue weighted by molar-refractivity contribution is 6.31. The van der Waals surface area contributed by atoms with E-state index in [1.54, 1.807) is 6.07 Å². The van der Waals surface area contributed by atoms with E-state index in [4.69, 9.17) is 27.9 Å². The summed E-state index contributed by atoms with van der Waals surface area (Å²) in [5.74, 6) is 2.30. The number of ether oxygens (including phenoxy) is 1. The number of alkyl halides is 1. The first-order valence-corrected chi connectivity index (χ1v) is 10.5. The van der Waals surface area contributed by atoms with Crippen molar-refractivity contribution in [1.82, 2.24) is 14.9 Å². The van der Waals surface area contributed by atoms with Gasteiger partial charge in [0.25, 0.3) is 0 Å². The highest BCUT2D eigenvalue weighted by Gasteiger charge is 2.36. The van der Waals surface area contributed by atoms with Gasteiger partial charge in [0, 0.05) is 42.6 Å². The van der Waals surface area contributed by atoms with Crippen LogP contribution in [0.2, 0.25) is 5.02 Å². The van der Waals surface area contributed by atoms with Gasteiger partial charge in [-0.3, -0.25) is 4.79 Å². The quantitative estimate of drug-likeness (QED) is 0.644. The third kappa shape index (κ3) is 4.93. The lowest BCUT2D eigenvalue weighted by Gasteiger charge is -2.43. The number of benzene rings is 1. The molecule has 1 aromatic carbocycles. The van der Waals surface area contributed by atoms with E-state index in [1.807, 2.05) is 50.8 Å². The number of piperazine rings is 1. The van der Waals surface area contributed by atoms with Crippen molar-refractivity contribution in [2.24, 2.45) is 5.41 Å². The van der Waals surface area contributed by atoms with E-state index in [0.717, 1.165) is 11.4 Å². The molecule has 1 saturated heterocycles. The average Bonchev–Trinajstić information content (AvgIpc) is 2.70. The number of amides is 1. The molecular weight excluding hydrogens is 411 g/mol. The van der Waals surface area contributed by atoms with Crippen LogP contribution >= 0.6 is 23.2 Å². The molecule has 0 bridgehead atoms. The summed E-state index contributed by atoms with van der Waals surface area (Å²) in [6.45, 7) is 9.72. The zero-order valence-corrected chi connectivity index (χ0v) is 18.7. The van der Waals surface area contributed by atoms with Crippen LogP contribution in [0.4, 0.5) is 5.82 Å². The second kappa shape index (κ2) is 8.76. The van der Waals surface area contributed by atoms with Gasteiger partial charge in [-0.15, -0.1) is 11.6 Å². The van der Waals surface area contributed by atoms with Crippen LogP contribution in [0.1, 0.15) is 26.3 Å². The van der Waals surface area contributed by atoms with Crippen LogP contribution in [0.3, 0.4) is 0 Å². The maximum Gasteiger partial charge on any atom is 0.229 e. The summed E-state index contributed by atoms with van der Waals surface area (Å²) in [5.41, 5.74) is 0.373. The Kier molecular flexibility index (Phi) is 6.54. The van der Waals surface area contributed by atoms with E-state index in [9.17, 15) is 4.79 Å². The third-order valence-corrected chi connectivity index (χ3v) is 6.20. The molecule has 1 aliphatic heterocycles. The summed E-state index contributed by atoms with van der Waals surface area (Å²) in [4.78, 5) is 25.4. The van der Waals surface area contributed by atoms with Crippen LogP contribution in [0.25, 0.3) is 0 Å². The average molecular weight is 437 g/mol. The van der Waals surface area contributed by atoms with Crippen LogP contribution in [0.15, 0.2) is 30.6 Å². The number of anilines is 1. The van der Waals surface area contributed by atoms with Crippen molar-refractivity contribution in [3.05, 3.63) is 41.2 Å². The molecule has 1 aliphatic rings. The monoisotopic (exact) mass is 436 g/mol. The van der Waals surface area contributed by atoms with Crippen molar-refractivity contribution < 1.29 is 9.53 Å². The number of aryl methyl sites for hydroxylation is 1. The van der Waals surface area contributed by atoms with Gasteiger partial charge in [0.1, 0.15) is 17.9 Å². The van der Waals surface area contributed by atoms with Gasteiger partial charge in [-0.05, 0) is 51.5 Å². The fourth-order valence-corrected chi connectivity index (χ4v) is 3.51. The minimum atomic E-state index is -0.565. The summed E-state index contributed by atoms with van der Waals surface area (Å²) in [7, 11) is 0. The molecule has 1 fully saturated rings. The van der Waals surface area contributed by atoms with E-state index in [2.05, 4.69) is 14.9 Å². The molecule has 0 unspecified atom stereocenters. The van der Waals surface area contributed by atoms with Crippen LogP contribution in [-0.4, -0.2) is 52.3 Å². The van der Waals surface area contributed by atoms with Gasteiger partial charge in [-0.2, -0.15) is 0 Å². The van der Waals surface area contributed by atoms with Gasteiger partial charge in [0.05, 0.1) is 5.41 Å². The molecule has 156 valence electrons. The molecule has 0 spiro atoms. The van der Waals surface area contributed by atoms with Crippen LogP contribution < -0.4 is 9.64 Å². The lowest BCUT2D eigenvalue weighted by atomic mass is 9.93. The topological polar surface area (TPSA) is 58.6 Å². The summed E-state index contributed by atoms with van der Waals surface area (Å²) in [6, 6.07) is 7.35. The number of aromatic nitrogens is 2. The SMILES string of the molecule is Cc1cc(Oc2cc(N3CCN(C(=O)C(C)(C)CCl)[C@H](C)C3)ncn2)ccc1Cl. The first-order chi connectivity index (χ1) is 13.7. The van der Waals surface area contributed by atoms with Gasteiger partial charge in [-0.1, -0.05) is 11.6 Å². The van der Waals surface area contributed by atoms with Crippen molar-refractivity contribution in [2.75, 3.05) is 30.4 Å². The predicted octanol–water partition coefficient (Wildman–Crippen LogP) is 4.53. The lowest BCUT2D eigenvalue weighted by Crippen LogP contribution is -2.57. The first kappa shape index (κ1) is 21.7. The highest BCUT2D eigenvalue weighted by atomic mass is 35.5. The van der Waals surface area contributed by atoms with Crippen LogP contribution in [0, 0.1) is 12.3 Å². The Bertz CT molecular complexity index is 891. The van der Waals surface area contributed by atoms with Crippen molar-refractivity contribution in [3.63, 3.8) is 0 Å². The molecule has 2 aromatic rings. The lowest BCUT2D eigenvalue weighted by molar-refractivity contribution is -0.141. The Morgan fingerprint density at radius 3 is 2.69 bits per heavy atom. The summed E-state index contributed by atoms with van der Waals surface area (Å²) < 4.78 is 5.88. The molecule has 3 rings (SSSR count). The van der Waals surface area contributed by atoms with Gasteiger partial charge in [-0.25, -0.2) is 9.97 Å². The summed E-state index contributed by atoms with van der Waals surface area (Å²) in [5, 5.41) is 0.694. The van der Waals surface area contributed by atoms with E-state index in [-0.39, 0.29) is 11.9 Å². The van der Waals surface area contributed by atoms with E-state index < -0.39 is 5.41 Å². The minimum Gasteiger partial charge on any atom is -0.439 e. The zero-order valence-electron chi connectivity index (χ0n) is 17.2. The number of carbonyl (C=O) groups is 1. The number of carbonyl (C=O) groups excluding carboxylic acids is 1. The smallest absolute Gasteiger partial charge is 0.229 e. The van der Waals surface area contributed by atoms with E-state index in [1.165, 1.54) is 6.33 Å². The Morgan fingerprint density at radius 2 is 2.03 bits per heavy atom. The van der Waals surface area contributed by atoms with Crippen molar-refractivity contribution in [3.8, 4) is 11.6 Å². The van der Waals surface area contributed by atoms with E-state index >= 15 is 0 Å². The normalized spacial score (nSPS) is 17.4. The van der Waals surface area contributed by atoms with Crippen molar-refractivity contribution >= 4 is 34.9 Å². The van der Waals surface area contributed by atoms with Crippen LogP contribution in [-0.2, 0) is 4.79 Å². The van der Waals surface area contributed by atoms with Crippen molar-refractivity contribution in [1.29, 1.82) is 0 Å². The molecule has 0 N–H and O–H groups in total. The standard InChI is InChI=1S/C21H26Cl2N4O2/c1-14-9-16(5-6-17(14)23)29-19-10-18(24-13-25-19)26-7-8-27(15(2)11-26)20(28)21(3,4)12-22/h5-6,9-10,13,15H,7-8,11-12H2,1-4H3/t15-/m1/s1. The molecule has 29 heavy (non-hydrogen) atoms. The molecule has 0 saturated carbocycles. The Hall–Kier alpha value is -2.05. The fraction of sp³-hybridized carbons (Fsp3) is 0.476. The summed E-state index contributed by atoms with van der Waals surface area (Å²) >= 11 is 12.1. The fourth-order valence-electron chi connectivity index (χ4n) is 3.27. The third-order valence-electron chi connectivity index (χ3n) is 5.10. The maximum atomic E-state index is 12.8. The van der Waals surface area contributed by atoms with Gasteiger partial charge >= 0.3 is 0 Å². The predicted molar refractivity (Wildman–Crippen MR) is 116 cm³/mol. The minimum absolute atomic E-state index is 0.0528. The molecule has 1 atom stereocenters. The Morgan fingerprint density at radius 1 is 1.28 bits per heavy atom. The van der Waals surface area contributed by atoms with Gasteiger partial charge in [0.2, 0.25) is 11.8 Å². The van der Waals surface area contributed by atoms with Crippen molar-refractivity contribution in [2.45, 2.75) is 33.7 Å². The van der Waals surface area contributed by atoms with Crippen LogP contribution in [0.5, 0.6) is 11.6 Å². The van der Waals surface area contributed by atoms with E-state index in [0.29, 0.717) is 42.2 Å². The molecule has 1 aromatic heterocycles. The number of hydrogen-bond donors (Lipinski definition) is 0. The largest absolute Gasteiger partial charge is 0.439 e. The molecular formula is C21H26Cl2N4O2. The number of nitrogens with zero attached hydrogens (tertiary/aromatic N) is 4. The zero-order chi connectivity index (χ0) is 21.2. The second-order valence-corrected chi connectivity index (χ2v) is 8.71. The molecule has 2 heterocycles. The van der Waals surface area contributed by atoms with Gasteiger partial charge in [0.15, 0.2) is 0 Å². The highest BCUT2D eigenvalue weighted by Crippen LogP contribution is 2.28. The molecule has 6 nitrogen and oxygen atoms in total. The molecule has 0 radical (unpaired) electrons. The Labute approximate surface area is 181 Å². The first-order valence-electron chi connectivity index (χ1n) is 9.59. The molecule has 0 aliphatic carbocycles. The number of rotatable bonds is 5. The molecule has 8 heteroatoms. The maximum absolute atomic E-state index is 12.8. The van der Waals surface area contributed by atoms with Gasteiger partial charge < -0.3 is 14.5 Å².